The summed E-state index contributed by atoms with van der Waals surface area (Å²) >= 11 is 0. The van der Waals surface area contributed by atoms with Gasteiger partial charge in [0.25, 0.3) is 5.91 Å². The molecule has 1 rings (SSSR count). The van der Waals surface area contributed by atoms with E-state index in [-0.39, 0.29) is 5.56 Å². The van der Waals surface area contributed by atoms with Crippen molar-refractivity contribution in [2.75, 3.05) is 0 Å². The molecule has 0 spiro atoms. The van der Waals surface area contributed by atoms with Crippen molar-refractivity contribution < 1.29 is 23.9 Å². The van der Waals surface area contributed by atoms with Gasteiger partial charge in [-0.1, -0.05) is 12.1 Å². The first-order valence-corrected chi connectivity index (χ1v) is 4.98. The number of rotatable bonds is 5. The number of halogens is 1. The van der Waals surface area contributed by atoms with Crippen molar-refractivity contribution in [1.29, 1.82) is 0 Å². The number of benzene rings is 1. The first kappa shape index (κ1) is 13.6. The van der Waals surface area contributed by atoms with Crippen LogP contribution in [-0.2, 0) is 9.59 Å². The highest BCUT2D eigenvalue weighted by Crippen LogP contribution is 2.06. The zero-order valence-corrected chi connectivity index (χ0v) is 9.22. The van der Waals surface area contributed by atoms with Gasteiger partial charge in [0, 0.05) is 0 Å². The predicted octanol–water partition coefficient (Wildman–Crippen LogP) is -0.116. The molecule has 0 aromatic heterocycles. The summed E-state index contributed by atoms with van der Waals surface area (Å²) < 4.78 is 13.3. The third kappa shape index (κ3) is 3.55. The Kier molecular flexibility index (Phi) is 4.36. The molecule has 96 valence electrons. The Hall–Kier alpha value is -2.44. The standard InChI is InChI=1S/C11H11FN2O4/c12-7-4-2-1-3-6(7)10(16)14-8(11(17)18)5-9(13)15/h1-4,8H,5H2,(H2,13,15)(H,14,16)(H,17,18). The number of amides is 2. The van der Waals surface area contributed by atoms with E-state index in [2.05, 4.69) is 0 Å². The van der Waals surface area contributed by atoms with Crippen molar-refractivity contribution in [3.63, 3.8) is 0 Å². The van der Waals surface area contributed by atoms with Crippen LogP contribution in [0.1, 0.15) is 16.8 Å². The lowest BCUT2D eigenvalue weighted by molar-refractivity contribution is -0.140. The summed E-state index contributed by atoms with van der Waals surface area (Å²) in [6.45, 7) is 0. The van der Waals surface area contributed by atoms with E-state index in [1.165, 1.54) is 18.2 Å². The van der Waals surface area contributed by atoms with Crippen molar-refractivity contribution in [3.05, 3.63) is 35.6 Å². The number of carbonyl (C=O) groups is 3. The Morgan fingerprint density at radius 2 is 1.94 bits per heavy atom. The van der Waals surface area contributed by atoms with Crippen LogP contribution in [0.5, 0.6) is 0 Å². The average Bonchev–Trinajstić information content (AvgIpc) is 2.27. The maximum absolute atomic E-state index is 13.3. The average molecular weight is 254 g/mol. The van der Waals surface area contributed by atoms with E-state index >= 15 is 0 Å². The van der Waals surface area contributed by atoms with E-state index in [1.54, 1.807) is 0 Å². The van der Waals surface area contributed by atoms with Gasteiger partial charge in [-0.05, 0) is 12.1 Å². The molecule has 1 unspecified atom stereocenters. The maximum atomic E-state index is 13.3. The smallest absolute Gasteiger partial charge is 0.326 e. The molecule has 2 amide bonds. The van der Waals surface area contributed by atoms with Gasteiger partial charge in [-0.3, -0.25) is 9.59 Å². The number of carboxylic acids is 1. The van der Waals surface area contributed by atoms with Gasteiger partial charge in [0.05, 0.1) is 12.0 Å². The van der Waals surface area contributed by atoms with Gasteiger partial charge in [0.1, 0.15) is 11.9 Å². The molecule has 4 N–H and O–H groups in total. The summed E-state index contributed by atoms with van der Waals surface area (Å²) in [6.07, 6.45) is -0.560. The lowest BCUT2D eigenvalue weighted by atomic mass is 10.1. The van der Waals surface area contributed by atoms with Crippen molar-refractivity contribution in [2.45, 2.75) is 12.5 Å². The highest BCUT2D eigenvalue weighted by molar-refractivity contribution is 5.97. The second-order valence-corrected chi connectivity index (χ2v) is 3.51. The van der Waals surface area contributed by atoms with Gasteiger partial charge in [0.15, 0.2) is 0 Å². The topological polar surface area (TPSA) is 109 Å². The lowest BCUT2D eigenvalue weighted by Crippen LogP contribution is -2.43. The Morgan fingerprint density at radius 1 is 1.33 bits per heavy atom. The Bertz CT molecular complexity index is 490. The molecule has 0 aliphatic heterocycles. The highest BCUT2D eigenvalue weighted by Gasteiger charge is 2.23. The summed E-state index contributed by atoms with van der Waals surface area (Å²) in [5.74, 6) is -3.99. The largest absolute Gasteiger partial charge is 0.480 e. The monoisotopic (exact) mass is 254 g/mol. The number of aliphatic carboxylic acids is 1. The SMILES string of the molecule is NC(=O)CC(NC(=O)c1ccccc1F)C(=O)O. The third-order valence-corrected chi connectivity index (χ3v) is 2.13. The molecule has 0 aliphatic carbocycles. The molecular weight excluding hydrogens is 243 g/mol. The van der Waals surface area contributed by atoms with Crippen molar-refractivity contribution >= 4 is 17.8 Å². The fourth-order valence-electron chi connectivity index (χ4n) is 1.28. The van der Waals surface area contributed by atoms with Crippen LogP contribution in [0.25, 0.3) is 0 Å². The second kappa shape index (κ2) is 5.76. The molecular formula is C11H11FN2O4. The molecule has 0 bridgehead atoms. The minimum Gasteiger partial charge on any atom is -0.480 e. The molecule has 1 aromatic rings. The van der Waals surface area contributed by atoms with Crippen molar-refractivity contribution in [2.24, 2.45) is 5.73 Å². The van der Waals surface area contributed by atoms with Crippen molar-refractivity contribution in [3.8, 4) is 0 Å². The Morgan fingerprint density at radius 3 is 2.44 bits per heavy atom. The normalized spacial score (nSPS) is 11.6. The molecule has 0 heterocycles. The van der Waals surface area contributed by atoms with Gasteiger partial charge in [-0.25, -0.2) is 9.18 Å². The van der Waals surface area contributed by atoms with Crippen LogP contribution in [0.2, 0.25) is 0 Å². The lowest BCUT2D eigenvalue weighted by Gasteiger charge is -2.12. The van der Waals surface area contributed by atoms with Crippen LogP contribution in [0, 0.1) is 5.82 Å². The van der Waals surface area contributed by atoms with Gasteiger partial charge >= 0.3 is 5.97 Å². The predicted molar refractivity (Wildman–Crippen MR) is 59.1 cm³/mol. The van der Waals surface area contributed by atoms with Crippen LogP contribution >= 0.6 is 0 Å². The van der Waals surface area contributed by atoms with E-state index in [1.807, 2.05) is 5.32 Å². The molecule has 7 heteroatoms. The number of carboxylic acid groups (broad SMARTS) is 1. The van der Waals surface area contributed by atoms with Gasteiger partial charge < -0.3 is 16.2 Å². The summed E-state index contributed by atoms with van der Waals surface area (Å²) in [7, 11) is 0. The molecule has 0 saturated heterocycles. The van der Waals surface area contributed by atoms with E-state index in [9.17, 15) is 18.8 Å². The van der Waals surface area contributed by atoms with Crippen LogP contribution in [0.15, 0.2) is 24.3 Å². The van der Waals surface area contributed by atoms with Crippen LogP contribution < -0.4 is 11.1 Å². The molecule has 0 saturated carbocycles. The number of primary amides is 1. The summed E-state index contributed by atoms with van der Waals surface area (Å²) in [5, 5.41) is 10.8. The number of carbonyl (C=O) groups excluding carboxylic acids is 2. The van der Waals surface area contributed by atoms with E-state index in [0.717, 1.165) is 6.07 Å². The second-order valence-electron chi connectivity index (χ2n) is 3.51. The fourth-order valence-corrected chi connectivity index (χ4v) is 1.28. The highest BCUT2D eigenvalue weighted by atomic mass is 19.1. The van der Waals surface area contributed by atoms with Gasteiger partial charge in [0.2, 0.25) is 5.91 Å². The molecule has 0 fully saturated rings. The molecule has 1 aromatic carbocycles. The first-order chi connectivity index (χ1) is 8.41. The molecule has 0 radical (unpaired) electrons. The maximum Gasteiger partial charge on any atom is 0.326 e. The summed E-state index contributed by atoms with van der Waals surface area (Å²) in [6, 6.07) is 3.62. The number of hydrogen-bond donors (Lipinski definition) is 3. The number of nitrogens with two attached hydrogens (primary N) is 1. The molecule has 18 heavy (non-hydrogen) atoms. The summed E-state index contributed by atoms with van der Waals surface area (Å²) in [4.78, 5) is 33.0. The zero-order chi connectivity index (χ0) is 13.7. The van der Waals surface area contributed by atoms with Crippen molar-refractivity contribution in [1.82, 2.24) is 5.32 Å². The summed E-state index contributed by atoms with van der Waals surface area (Å²) in [5.41, 5.74) is 4.55. The minimum absolute atomic E-state index is 0.298. The van der Waals surface area contributed by atoms with Crippen LogP contribution in [0.3, 0.4) is 0 Å². The van der Waals surface area contributed by atoms with Crippen LogP contribution in [0.4, 0.5) is 4.39 Å². The van der Waals surface area contributed by atoms with Gasteiger partial charge in [-0.2, -0.15) is 0 Å². The van der Waals surface area contributed by atoms with E-state index in [4.69, 9.17) is 10.8 Å². The van der Waals surface area contributed by atoms with E-state index in [0.29, 0.717) is 0 Å². The van der Waals surface area contributed by atoms with Gasteiger partial charge in [-0.15, -0.1) is 0 Å². The third-order valence-electron chi connectivity index (χ3n) is 2.13. The minimum atomic E-state index is -1.48. The number of hydrogen-bond acceptors (Lipinski definition) is 3. The Balaban J connectivity index is 2.82. The molecule has 1 atom stereocenters. The van der Waals surface area contributed by atoms with E-state index < -0.39 is 36.1 Å². The first-order valence-electron chi connectivity index (χ1n) is 4.98. The van der Waals surface area contributed by atoms with Crippen LogP contribution in [-0.4, -0.2) is 28.9 Å². The quantitative estimate of drug-likeness (QED) is 0.680. The molecule has 0 aliphatic rings. The Labute approximate surface area is 102 Å². The molecule has 6 nitrogen and oxygen atoms in total. The zero-order valence-electron chi connectivity index (χ0n) is 9.22. The fraction of sp³-hybridized carbons (Fsp3) is 0.182. The number of nitrogens with one attached hydrogen (secondary N) is 1.